The summed E-state index contributed by atoms with van der Waals surface area (Å²) in [5.74, 6) is -0.438. The summed E-state index contributed by atoms with van der Waals surface area (Å²) in [5, 5.41) is 9.12. The fourth-order valence-electron chi connectivity index (χ4n) is 1.56. The second kappa shape index (κ2) is 5.51. The standard InChI is InChI=1S/C12H10N4O2S2/c1-16-5-8(4-14-16)11-15-9(7-20-11)12(17)18-6-10-13-2-3-19-10/h2-5,7H,6H2,1H3. The van der Waals surface area contributed by atoms with Crippen LogP contribution < -0.4 is 0 Å². The maximum absolute atomic E-state index is 11.9. The third-order valence-electron chi connectivity index (χ3n) is 2.48. The van der Waals surface area contributed by atoms with Crippen molar-refractivity contribution in [1.29, 1.82) is 0 Å². The van der Waals surface area contributed by atoms with Crippen LogP contribution in [0.5, 0.6) is 0 Å². The molecule has 0 atom stereocenters. The van der Waals surface area contributed by atoms with Crippen LogP contribution in [0.3, 0.4) is 0 Å². The van der Waals surface area contributed by atoms with E-state index in [1.807, 2.05) is 18.6 Å². The summed E-state index contributed by atoms with van der Waals surface area (Å²) in [6, 6.07) is 0. The Bertz CT molecular complexity index is 717. The van der Waals surface area contributed by atoms with Crippen LogP contribution in [0.15, 0.2) is 29.4 Å². The summed E-state index contributed by atoms with van der Waals surface area (Å²) in [6.07, 6.45) is 5.24. The molecular formula is C12H10N4O2S2. The molecule has 0 aliphatic heterocycles. The number of rotatable bonds is 4. The van der Waals surface area contributed by atoms with Gasteiger partial charge in [-0.15, -0.1) is 22.7 Å². The summed E-state index contributed by atoms with van der Waals surface area (Å²) in [4.78, 5) is 20.2. The van der Waals surface area contributed by atoms with Gasteiger partial charge in [0, 0.05) is 35.8 Å². The van der Waals surface area contributed by atoms with Crippen molar-refractivity contribution in [3.63, 3.8) is 0 Å². The van der Waals surface area contributed by atoms with Crippen LogP contribution in [0, 0.1) is 0 Å². The van der Waals surface area contributed by atoms with Gasteiger partial charge >= 0.3 is 5.97 Å². The number of aromatic nitrogens is 4. The summed E-state index contributed by atoms with van der Waals surface area (Å²) in [7, 11) is 1.83. The van der Waals surface area contributed by atoms with Gasteiger partial charge < -0.3 is 4.74 Å². The van der Waals surface area contributed by atoms with Gasteiger partial charge in [0.1, 0.15) is 16.6 Å². The zero-order chi connectivity index (χ0) is 13.9. The van der Waals surface area contributed by atoms with Crippen molar-refractivity contribution < 1.29 is 9.53 Å². The number of hydrogen-bond donors (Lipinski definition) is 0. The van der Waals surface area contributed by atoms with E-state index in [0.717, 1.165) is 15.6 Å². The molecule has 3 aromatic heterocycles. The number of hydrogen-bond acceptors (Lipinski definition) is 7. The van der Waals surface area contributed by atoms with E-state index >= 15 is 0 Å². The number of thiazole rings is 2. The lowest BCUT2D eigenvalue weighted by Gasteiger charge is -1.98. The topological polar surface area (TPSA) is 69.9 Å². The lowest BCUT2D eigenvalue weighted by molar-refractivity contribution is 0.0466. The molecule has 0 unspecified atom stereocenters. The van der Waals surface area contributed by atoms with Gasteiger partial charge in [-0.25, -0.2) is 14.8 Å². The van der Waals surface area contributed by atoms with Crippen molar-refractivity contribution in [3.8, 4) is 10.6 Å². The molecule has 0 radical (unpaired) electrons. The van der Waals surface area contributed by atoms with Crippen molar-refractivity contribution in [1.82, 2.24) is 19.7 Å². The van der Waals surface area contributed by atoms with Crippen LogP contribution in [-0.4, -0.2) is 25.7 Å². The first-order chi connectivity index (χ1) is 9.72. The Morgan fingerprint density at radius 2 is 2.35 bits per heavy atom. The first-order valence-corrected chi connectivity index (χ1v) is 7.48. The Hall–Kier alpha value is -2.06. The molecule has 20 heavy (non-hydrogen) atoms. The quantitative estimate of drug-likeness (QED) is 0.692. The van der Waals surface area contributed by atoms with Crippen molar-refractivity contribution in [2.75, 3.05) is 0 Å². The smallest absolute Gasteiger partial charge is 0.358 e. The number of aryl methyl sites for hydroxylation is 1. The Kier molecular flexibility index (Phi) is 3.57. The fraction of sp³-hybridized carbons (Fsp3) is 0.167. The molecule has 0 N–H and O–H groups in total. The highest BCUT2D eigenvalue weighted by molar-refractivity contribution is 7.13. The first kappa shape index (κ1) is 12.9. The molecule has 3 rings (SSSR count). The molecule has 3 aromatic rings. The Morgan fingerprint density at radius 3 is 3.05 bits per heavy atom. The van der Waals surface area contributed by atoms with Crippen molar-refractivity contribution in [2.24, 2.45) is 7.05 Å². The van der Waals surface area contributed by atoms with Crippen LogP contribution >= 0.6 is 22.7 Å². The Labute approximate surface area is 122 Å². The maximum Gasteiger partial charge on any atom is 0.358 e. The molecule has 0 saturated carbocycles. The predicted molar refractivity (Wildman–Crippen MR) is 75.5 cm³/mol. The van der Waals surface area contributed by atoms with Gasteiger partial charge in [-0.3, -0.25) is 4.68 Å². The van der Waals surface area contributed by atoms with E-state index < -0.39 is 5.97 Å². The summed E-state index contributed by atoms with van der Waals surface area (Å²) in [5.41, 5.74) is 1.20. The minimum absolute atomic E-state index is 0.177. The van der Waals surface area contributed by atoms with Gasteiger partial charge in [0.05, 0.1) is 6.20 Å². The van der Waals surface area contributed by atoms with E-state index in [9.17, 15) is 4.79 Å². The number of nitrogens with zero attached hydrogens (tertiary/aromatic N) is 4. The Balaban J connectivity index is 1.68. The second-order valence-electron chi connectivity index (χ2n) is 3.94. The minimum atomic E-state index is -0.438. The van der Waals surface area contributed by atoms with E-state index in [1.165, 1.54) is 22.7 Å². The van der Waals surface area contributed by atoms with Crippen molar-refractivity contribution in [2.45, 2.75) is 6.61 Å². The van der Waals surface area contributed by atoms with Crippen LogP contribution in [0.1, 0.15) is 15.5 Å². The SMILES string of the molecule is Cn1cc(-c2nc(C(=O)OCc3nccs3)cs2)cn1. The van der Waals surface area contributed by atoms with Gasteiger partial charge in [0.25, 0.3) is 0 Å². The molecular weight excluding hydrogens is 296 g/mol. The minimum Gasteiger partial charge on any atom is -0.454 e. The number of ether oxygens (including phenoxy) is 1. The van der Waals surface area contributed by atoms with Gasteiger partial charge in [-0.05, 0) is 0 Å². The third kappa shape index (κ3) is 2.75. The van der Waals surface area contributed by atoms with E-state index in [0.29, 0.717) is 5.69 Å². The van der Waals surface area contributed by atoms with Crippen LogP contribution in [0.4, 0.5) is 0 Å². The van der Waals surface area contributed by atoms with Gasteiger partial charge in [0.15, 0.2) is 5.69 Å². The molecule has 0 amide bonds. The first-order valence-electron chi connectivity index (χ1n) is 5.72. The highest BCUT2D eigenvalue weighted by Gasteiger charge is 2.14. The summed E-state index contributed by atoms with van der Waals surface area (Å²) in [6.45, 7) is 0.177. The fourth-order valence-corrected chi connectivity index (χ4v) is 2.85. The Morgan fingerprint density at radius 1 is 1.45 bits per heavy atom. The van der Waals surface area contributed by atoms with E-state index in [4.69, 9.17) is 4.74 Å². The van der Waals surface area contributed by atoms with Crippen molar-refractivity contribution in [3.05, 3.63) is 40.1 Å². The van der Waals surface area contributed by atoms with Crippen LogP contribution in [-0.2, 0) is 18.4 Å². The van der Waals surface area contributed by atoms with Gasteiger partial charge in [-0.2, -0.15) is 5.10 Å². The monoisotopic (exact) mass is 306 g/mol. The molecule has 8 heteroatoms. The van der Waals surface area contributed by atoms with E-state index in [-0.39, 0.29) is 6.61 Å². The molecule has 0 aliphatic rings. The number of carbonyl (C=O) groups is 1. The van der Waals surface area contributed by atoms with Gasteiger partial charge in [-0.1, -0.05) is 0 Å². The molecule has 0 spiro atoms. The molecule has 0 bridgehead atoms. The predicted octanol–water partition coefficient (Wildman–Crippen LogP) is 2.36. The second-order valence-corrected chi connectivity index (χ2v) is 5.78. The van der Waals surface area contributed by atoms with Crippen molar-refractivity contribution >= 4 is 28.6 Å². The highest BCUT2D eigenvalue weighted by atomic mass is 32.1. The number of carbonyl (C=O) groups excluding carboxylic acids is 1. The van der Waals surface area contributed by atoms with E-state index in [2.05, 4.69) is 15.1 Å². The normalized spacial score (nSPS) is 10.7. The summed E-state index contributed by atoms with van der Waals surface area (Å²) < 4.78 is 6.85. The molecule has 0 saturated heterocycles. The van der Waals surface area contributed by atoms with Crippen LogP contribution in [0.25, 0.3) is 10.6 Å². The number of esters is 1. The lowest BCUT2D eigenvalue weighted by Crippen LogP contribution is -2.05. The molecule has 3 heterocycles. The molecule has 0 fully saturated rings. The highest BCUT2D eigenvalue weighted by Crippen LogP contribution is 2.23. The zero-order valence-corrected chi connectivity index (χ0v) is 12.1. The largest absolute Gasteiger partial charge is 0.454 e. The maximum atomic E-state index is 11.9. The average molecular weight is 306 g/mol. The summed E-state index contributed by atoms with van der Waals surface area (Å²) >= 11 is 2.84. The zero-order valence-electron chi connectivity index (χ0n) is 10.5. The molecule has 6 nitrogen and oxygen atoms in total. The van der Waals surface area contributed by atoms with E-state index in [1.54, 1.807) is 22.5 Å². The van der Waals surface area contributed by atoms with Crippen LogP contribution in [0.2, 0.25) is 0 Å². The lowest BCUT2D eigenvalue weighted by atomic mass is 10.4. The third-order valence-corrected chi connectivity index (χ3v) is 4.12. The molecule has 0 aliphatic carbocycles. The average Bonchev–Trinajstić information content (AvgIpc) is 3.16. The molecule has 0 aromatic carbocycles. The molecule has 102 valence electrons. The van der Waals surface area contributed by atoms with Gasteiger partial charge in [0.2, 0.25) is 0 Å².